The van der Waals surface area contributed by atoms with Crippen molar-refractivity contribution in [3.05, 3.63) is 59.7 Å². The van der Waals surface area contributed by atoms with Gasteiger partial charge in [-0.15, -0.1) is 0 Å². The Bertz CT molecular complexity index is 553. The highest BCUT2D eigenvalue weighted by Crippen LogP contribution is 2.22. The molecule has 0 N–H and O–H groups in total. The molecule has 0 radical (unpaired) electrons. The molecule has 0 spiro atoms. The number of carbonyl (C=O) groups excluding carboxylic acids is 1. The largest absolute Gasteiger partial charge is 0.457 e. The van der Waals surface area contributed by atoms with E-state index < -0.39 is 0 Å². The average molecular weight is 268 g/mol. The van der Waals surface area contributed by atoms with Gasteiger partial charge in [-0.3, -0.25) is 4.79 Å². The summed E-state index contributed by atoms with van der Waals surface area (Å²) in [6.45, 7) is 3.76. The van der Waals surface area contributed by atoms with Gasteiger partial charge >= 0.3 is 0 Å². The van der Waals surface area contributed by atoms with Gasteiger partial charge in [0.2, 0.25) is 0 Å². The lowest BCUT2D eigenvalue weighted by atomic mass is 10.1. The Labute approximate surface area is 120 Å². The standard InChI is InChI=1S/C18H20O2/c1-3-4-5-15-6-10-17(11-7-15)20-18-12-8-16(9-13-18)14(2)19/h6-13H,3-5H2,1-2H3. The number of benzene rings is 2. The number of hydrogen-bond acceptors (Lipinski definition) is 2. The molecule has 0 atom stereocenters. The van der Waals surface area contributed by atoms with Gasteiger partial charge < -0.3 is 4.74 Å². The third-order valence-corrected chi connectivity index (χ3v) is 3.24. The number of ketones is 1. The molecule has 20 heavy (non-hydrogen) atoms. The van der Waals surface area contributed by atoms with Crippen LogP contribution in [0.4, 0.5) is 0 Å². The van der Waals surface area contributed by atoms with Crippen LogP contribution >= 0.6 is 0 Å². The Balaban J connectivity index is 2.00. The van der Waals surface area contributed by atoms with Crippen molar-refractivity contribution < 1.29 is 9.53 Å². The van der Waals surface area contributed by atoms with Crippen molar-refractivity contribution in [2.45, 2.75) is 33.1 Å². The van der Waals surface area contributed by atoms with Gasteiger partial charge in [0.05, 0.1) is 0 Å². The van der Waals surface area contributed by atoms with Crippen molar-refractivity contribution >= 4 is 5.78 Å². The molecule has 2 nitrogen and oxygen atoms in total. The minimum absolute atomic E-state index is 0.0665. The predicted molar refractivity (Wildman–Crippen MR) is 81.6 cm³/mol. The van der Waals surface area contributed by atoms with Crippen molar-refractivity contribution in [1.29, 1.82) is 0 Å². The number of ether oxygens (including phenoxy) is 1. The van der Waals surface area contributed by atoms with Crippen molar-refractivity contribution in [2.24, 2.45) is 0 Å². The van der Waals surface area contributed by atoms with Crippen molar-refractivity contribution in [3.63, 3.8) is 0 Å². The van der Waals surface area contributed by atoms with Crippen LogP contribution in [0.25, 0.3) is 0 Å². The Kier molecular flexibility index (Phi) is 4.94. The second kappa shape index (κ2) is 6.90. The van der Waals surface area contributed by atoms with Gasteiger partial charge in [0, 0.05) is 5.56 Å². The molecule has 2 heteroatoms. The molecule has 0 aliphatic carbocycles. The van der Waals surface area contributed by atoms with Gasteiger partial charge in [0.15, 0.2) is 5.78 Å². The average Bonchev–Trinajstić information content (AvgIpc) is 2.47. The van der Waals surface area contributed by atoms with Crippen LogP contribution in [0.5, 0.6) is 11.5 Å². The summed E-state index contributed by atoms with van der Waals surface area (Å²) >= 11 is 0. The van der Waals surface area contributed by atoms with Gasteiger partial charge in [0.1, 0.15) is 11.5 Å². The summed E-state index contributed by atoms with van der Waals surface area (Å²) in [5.41, 5.74) is 2.04. The third-order valence-electron chi connectivity index (χ3n) is 3.24. The van der Waals surface area contributed by atoms with E-state index in [1.807, 2.05) is 24.3 Å². The zero-order valence-corrected chi connectivity index (χ0v) is 12.1. The summed E-state index contributed by atoms with van der Waals surface area (Å²) < 4.78 is 5.76. The highest BCUT2D eigenvalue weighted by atomic mass is 16.5. The molecule has 2 rings (SSSR count). The quantitative estimate of drug-likeness (QED) is 0.687. The number of rotatable bonds is 6. The van der Waals surface area contributed by atoms with Crippen LogP contribution in [0, 0.1) is 0 Å². The molecule has 2 aromatic carbocycles. The number of Topliss-reactive ketones (excluding diaryl/α,β-unsaturated/α-hetero) is 1. The summed E-state index contributed by atoms with van der Waals surface area (Å²) in [4.78, 5) is 11.2. The summed E-state index contributed by atoms with van der Waals surface area (Å²) in [5.74, 6) is 1.63. The highest BCUT2D eigenvalue weighted by molar-refractivity contribution is 5.94. The zero-order chi connectivity index (χ0) is 14.4. The molecule has 2 aromatic rings. The summed E-state index contributed by atoms with van der Waals surface area (Å²) in [7, 11) is 0. The van der Waals surface area contributed by atoms with E-state index >= 15 is 0 Å². The van der Waals surface area contributed by atoms with E-state index in [0.29, 0.717) is 5.56 Å². The Morgan fingerprint density at radius 3 is 2.00 bits per heavy atom. The Morgan fingerprint density at radius 2 is 1.50 bits per heavy atom. The first-order valence-electron chi connectivity index (χ1n) is 7.07. The molecule has 0 fully saturated rings. The number of aryl methyl sites for hydroxylation is 1. The van der Waals surface area contributed by atoms with Crippen LogP contribution in [-0.2, 0) is 6.42 Å². The summed E-state index contributed by atoms with van der Waals surface area (Å²) in [5, 5.41) is 0. The lowest BCUT2D eigenvalue weighted by molar-refractivity contribution is 0.101. The fourth-order valence-electron chi connectivity index (χ4n) is 2.00. The maximum Gasteiger partial charge on any atom is 0.159 e. The van der Waals surface area contributed by atoms with E-state index in [-0.39, 0.29) is 5.78 Å². The summed E-state index contributed by atoms with van der Waals surface area (Å²) in [6.07, 6.45) is 3.54. The normalized spacial score (nSPS) is 10.3. The first-order chi connectivity index (χ1) is 9.69. The molecule has 0 heterocycles. The smallest absolute Gasteiger partial charge is 0.159 e. The monoisotopic (exact) mass is 268 g/mol. The van der Waals surface area contributed by atoms with E-state index in [9.17, 15) is 4.79 Å². The predicted octanol–water partition coefficient (Wildman–Crippen LogP) is 5.02. The Morgan fingerprint density at radius 1 is 0.950 bits per heavy atom. The lowest BCUT2D eigenvalue weighted by Crippen LogP contribution is -1.91. The van der Waals surface area contributed by atoms with Crippen molar-refractivity contribution in [2.75, 3.05) is 0 Å². The van der Waals surface area contributed by atoms with E-state index in [0.717, 1.165) is 17.9 Å². The van der Waals surface area contributed by atoms with Crippen LogP contribution in [-0.4, -0.2) is 5.78 Å². The minimum Gasteiger partial charge on any atom is -0.457 e. The van der Waals surface area contributed by atoms with Crippen molar-refractivity contribution in [3.8, 4) is 11.5 Å². The molecule has 0 saturated carbocycles. The molecule has 0 aliphatic heterocycles. The van der Waals surface area contributed by atoms with Gasteiger partial charge in [-0.05, 0) is 61.7 Å². The topological polar surface area (TPSA) is 26.3 Å². The van der Waals surface area contributed by atoms with Crippen LogP contribution in [0.15, 0.2) is 48.5 Å². The maximum atomic E-state index is 11.2. The molecule has 0 aromatic heterocycles. The number of carbonyl (C=O) groups is 1. The number of unbranched alkanes of at least 4 members (excludes halogenated alkanes) is 1. The van der Waals surface area contributed by atoms with Gasteiger partial charge in [-0.1, -0.05) is 25.5 Å². The fourth-order valence-corrected chi connectivity index (χ4v) is 2.00. The first kappa shape index (κ1) is 14.3. The van der Waals surface area contributed by atoms with Gasteiger partial charge in [0.25, 0.3) is 0 Å². The van der Waals surface area contributed by atoms with Gasteiger partial charge in [-0.25, -0.2) is 0 Å². The second-order valence-corrected chi connectivity index (χ2v) is 4.93. The van der Waals surface area contributed by atoms with Crippen LogP contribution in [0.2, 0.25) is 0 Å². The molecule has 0 bridgehead atoms. The van der Waals surface area contributed by atoms with Gasteiger partial charge in [-0.2, -0.15) is 0 Å². The van der Waals surface area contributed by atoms with E-state index in [1.54, 1.807) is 19.1 Å². The van der Waals surface area contributed by atoms with Crippen LogP contribution in [0.1, 0.15) is 42.6 Å². The zero-order valence-electron chi connectivity index (χ0n) is 12.1. The molecular weight excluding hydrogens is 248 g/mol. The Hall–Kier alpha value is -2.09. The maximum absolute atomic E-state index is 11.2. The van der Waals surface area contributed by atoms with Crippen LogP contribution in [0.3, 0.4) is 0 Å². The molecule has 104 valence electrons. The molecule has 0 aliphatic rings. The molecule has 0 unspecified atom stereocenters. The lowest BCUT2D eigenvalue weighted by Gasteiger charge is -2.07. The fraction of sp³-hybridized carbons (Fsp3) is 0.278. The van der Waals surface area contributed by atoms with E-state index in [1.165, 1.54) is 18.4 Å². The molecular formula is C18H20O2. The second-order valence-electron chi connectivity index (χ2n) is 4.93. The van der Waals surface area contributed by atoms with Crippen molar-refractivity contribution in [1.82, 2.24) is 0 Å². The minimum atomic E-state index is 0.0665. The summed E-state index contributed by atoms with van der Waals surface area (Å²) in [6, 6.07) is 15.4. The number of hydrogen-bond donors (Lipinski definition) is 0. The molecule has 0 amide bonds. The SMILES string of the molecule is CCCCc1ccc(Oc2ccc(C(C)=O)cc2)cc1. The van der Waals surface area contributed by atoms with Crippen LogP contribution < -0.4 is 4.74 Å². The first-order valence-corrected chi connectivity index (χ1v) is 7.07. The van der Waals surface area contributed by atoms with E-state index in [4.69, 9.17) is 4.74 Å². The highest BCUT2D eigenvalue weighted by Gasteiger charge is 2.01. The molecule has 0 saturated heterocycles. The van der Waals surface area contributed by atoms with E-state index in [2.05, 4.69) is 19.1 Å². The third kappa shape index (κ3) is 3.95.